The molecule has 1 aromatic rings. The summed E-state index contributed by atoms with van der Waals surface area (Å²) in [4.78, 5) is 8.70. The Labute approximate surface area is 167 Å². The molecule has 0 radical (unpaired) electrons. The summed E-state index contributed by atoms with van der Waals surface area (Å²) in [5.41, 5.74) is 7.62. The van der Waals surface area contributed by atoms with Gasteiger partial charge in [-0.15, -0.1) is 35.3 Å². The van der Waals surface area contributed by atoms with E-state index in [-0.39, 0.29) is 24.0 Å². The lowest BCUT2D eigenvalue weighted by Gasteiger charge is -2.31. The summed E-state index contributed by atoms with van der Waals surface area (Å²) in [6, 6.07) is 3.24. The van der Waals surface area contributed by atoms with Gasteiger partial charge in [-0.25, -0.2) is 0 Å². The van der Waals surface area contributed by atoms with Gasteiger partial charge in [0.1, 0.15) is 0 Å². The molecule has 6 heteroatoms. The highest BCUT2D eigenvalue weighted by atomic mass is 127. The Morgan fingerprint density at radius 3 is 2.88 bits per heavy atom. The van der Waals surface area contributed by atoms with Crippen molar-refractivity contribution in [2.75, 3.05) is 13.1 Å². The summed E-state index contributed by atoms with van der Waals surface area (Å²) in [5.74, 6) is 0.636. The van der Waals surface area contributed by atoms with Crippen LogP contribution in [-0.4, -0.2) is 36.0 Å². The minimum atomic E-state index is 0. The Bertz CT molecular complexity index is 523. The zero-order valence-corrected chi connectivity index (χ0v) is 17.8. The molecule has 0 spiro atoms. The normalized spacial score (nSPS) is 21.5. The highest BCUT2D eigenvalue weighted by molar-refractivity contribution is 14.0. The van der Waals surface area contributed by atoms with Crippen molar-refractivity contribution in [3.05, 3.63) is 21.9 Å². The summed E-state index contributed by atoms with van der Waals surface area (Å²) in [5, 5.41) is 5.65. The molecule has 2 heterocycles. The molecular formula is C18H31IN4S. The van der Waals surface area contributed by atoms with Crippen molar-refractivity contribution in [1.29, 1.82) is 0 Å². The van der Waals surface area contributed by atoms with Crippen molar-refractivity contribution in [3.63, 3.8) is 0 Å². The van der Waals surface area contributed by atoms with E-state index in [4.69, 9.17) is 5.73 Å². The van der Waals surface area contributed by atoms with Gasteiger partial charge in [-0.2, -0.15) is 0 Å². The fraction of sp³-hybridized carbons (Fsp3) is 0.722. The highest BCUT2D eigenvalue weighted by Crippen LogP contribution is 2.25. The third-order valence-corrected chi connectivity index (χ3v) is 6.22. The van der Waals surface area contributed by atoms with Crippen molar-refractivity contribution in [1.82, 2.24) is 10.2 Å². The smallest absolute Gasteiger partial charge is 0.188 e. The van der Waals surface area contributed by atoms with Gasteiger partial charge in [0.05, 0.1) is 6.54 Å². The number of nitrogens with two attached hydrogens (primary N) is 1. The van der Waals surface area contributed by atoms with E-state index >= 15 is 0 Å². The Morgan fingerprint density at radius 1 is 1.38 bits per heavy atom. The molecule has 1 aliphatic heterocycles. The van der Waals surface area contributed by atoms with Gasteiger partial charge in [-0.1, -0.05) is 25.7 Å². The van der Waals surface area contributed by atoms with Crippen LogP contribution in [-0.2, 0) is 13.0 Å². The van der Waals surface area contributed by atoms with Gasteiger partial charge in [-0.3, -0.25) is 9.89 Å². The number of nitrogens with one attached hydrogen (secondary N) is 1. The zero-order chi connectivity index (χ0) is 16.1. The van der Waals surface area contributed by atoms with E-state index in [2.05, 4.69) is 33.6 Å². The van der Waals surface area contributed by atoms with Crippen LogP contribution in [0.2, 0.25) is 0 Å². The predicted octanol–water partition coefficient (Wildman–Crippen LogP) is 3.74. The van der Waals surface area contributed by atoms with Gasteiger partial charge >= 0.3 is 0 Å². The van der Waals surface area contributed by atoms with Gasteiger partial charge < -0.3 is 11.1 Å². The lowest BCUT2D eigenvalue weighted by atomic mass is 10.1. The molecule has 2 aliphatic rings. The van der Waals surface area contributed by atoms with Crippen molar-refractivity contribution < 1.29 is 0 Å². The second-order valence-corrected chi connectivity index (χ2v) is 8.00. The molecule has 1 fully saturated rings. The van der Waals surface area contributed by atoms with E-state index in [0.29, 0.717) is 18.0 Å². The minimum Gasteiger partial charge on any atom is -0.370 e. The lowest BCUT2D eigenvalue weighted by Crippen LogP contribution is -2.42. The lowest BCUT2D eigenvalue weighted by molar-refractivity contribution is 0.197. The Balaban J connectivity index is 0.00000208. The van der Waals surface area contributed by atoms with Crippen molar-refractivity contribution in [2.45, 2.75) is 70.5 Å². The van der Waals surface area contributed by atoms with Crippen LogP contribution in [0, 0.1) is 0 Å². The third kappa shape index (κ3) is 5.59. The fourth-order valence-electron chi connectivity index (χ4n) is 3.67. The Hall–Kier alpha value is -0.340. The molecule has 3 N–H and O–H groups in total. The number of hydrogen-bond donors (Lipinski definition) is 2. The van der Waals surface area contributed by atoms with Crippen LogP contribution in [0.15, 0.2) is 16.4 Å². The second kappa shape index (κ2) is 9.97. The quantitative estimate of drug-likeness (QED) is 0.310. The molecule has 1 aliphatic carbocycles. The molecular weight excluding hydrogens is 431 g/mol. The summed E-state index contributed by atoms with van der Waals surface area (Å²) in [7, 11) is 0. The van der Waals surface area contributed by atoms with Crippen molar-refractivity contribution in [2.24, 2.45) is 10.7 Å². The summed E-state index contributed by atoms with van der Waals surface area (Å²) < 4.78 is 0. The Kier molecular flexibility index (Phi) is 8.30. The zero-order valence-electron chi connectivity index (χ0n) is 14.7. The molecule has 3 rings (SSSR count). The first kappa shape index (κ1) is 20.0. The summed E-state index contributed by atoms with van der Waals surface area (Å²) in [6.45, 7) is 5.25. The van der Waals surface area contributed by atoms with E-state index in [9.17, 15) is 0 Å². The highest BCUT2D eigenvalue weighted by Gasteiger charge is 2.21. The monoisotopic (exact) mass is 462 g/mol. The average Bonchev–Trinajstić information content (AvgIpc) is 2.88. The standard InChI is InChI=1S/C18H30N4S.HI/c1-14(22-10-8-17-15(13-22)9-11-23-17)12-20-18(19)21-16-6-4-2-3-5-7-16;/h9,11,14,16H,2-8,10,12-13H2,1H3,(H3,19,20,21);1H. The number of hydrogen-bond acceptors (Lipinski definition) is 3. The minimum absolute atomic E-state index is 0. The van der Waals surface area contributed by atoms with Crippen LogP contribution in [0.1, 0.15) is 55.9 Å². The third-order valence-electron chi connectivity index (χ3n) is 5.19. The maximum Gasteiger partial charge on any atom is 0.188 e. The first-order valence-electron chi connectivity index (χ1n) is 9.08. The van der Waals surface area contributed by atoms with Crippen molar-refractivity contribution in [3.8, 4) is 0 Å². The maximum atomic E-state index is 6.12. The maximum absolute atomic E-state index is 6.12. The van der Waals surface area contributed by atoms with Crippen LogP contribution in [0.4, 0.5) is 0 Å². The van der Waals surface area contributed by atoms with E-state index < -0.39 is 0 Å². The molecule has 24 heavy (non-hydrogen) atoms. The average molecular weight is 462 g/mol. The molecule has 136 valence electrons. The SMILES string of the molecule is CC(CN=C(N)NC1CCCCCC1)N1CCc2sccc2C1.I. The van der Waals surface area contributed by atoms with E-state index in [1.54, 1.807) is 4.88 Å². The van der Waals surface area contributed by atoms with Gasteiger partial charge in [-0.05, 0) is 43.2 Å². The number of halogens is 1. The first-order chi connectivity index (χ1) is 11.2. The van der Waals surface area contributed by atoms with Gasteiger partial charge in [0.15, 0.2) is 5.96 Å². The molecule has 0 aromatic carbocycles. The molecule has 1 aromatic heterocycles. The molecule has 0 amide bonds. The predicted molar refractivity (Wildman–Crippen MR) is 114 cm³/mol. The summed E-state index contributed by atoms with van der Waals surface area (Å²) in [6.07, 6.45) is 9.02. The van der Waals surface area contributed by atoms with Gasteiger partial charge in [0.2, 0.25) is 0 Å². The van der Waals surface area contributed by atoms with Crippen molar-refractivity contribution >= 4 is 41.3 Å². The number of guanidine groups is 1. The van der Waals surface area contributed by atoms with E-state index in [1.165, 1.54) is 50.5 Å². The van der Waals surface area contributed by atoms with E-state index in [0.717, 1.165) is 19.6 Å². The van der Waals surface area contributed by atoms with Crippen LogP contribution in [0.25, 0.3) is 0 Å². The molecule has 0 bridgehead atoms. The number of nitrogens with zero attached hydrogens (tertiary/aromatic N) is 2. The van der Waals surface area contributed by atoms with Gasteiger partial charge in [0.25, 0.3) is 0 Å². The second-order valence-electron chi connectivity index (χ2n) is 7.00. The first-order valence-corrected chi connectivity index (χ1v) is 9.96. The molecule has 0 saturated heterocycles. The largest absolute Gasteiger partial charge is 0.370 e. The van der Waals surface area contributed by atoms with Crippen LogP contribution in [0.5, 0.6) is 0 Å². The topological polar surface area (TPSA) is 53.6 Å². The fourth-order valence-corrected chi connectivity index (χ4v) is 4.56. The Morgan fingerprint density at radius 2 is 2.12 bits per heavy atom. The van der Waals surface area contributed by atoms with Crippen LogP contribution in [0.3, 0.4) is 0 Å². The number of aliphatic imine (C=N–C) groups is 1. The van der Waals surface area contributed by atoms with Crippen LogP contribution >= 0.6 is 35.3 Å². The molecule has 4 nitrogen and oxygen atoms in total. The van der Waals surface area contributed by atoms with Gasteiger partial charge in [0, 0.05) is 30.1 Å². The number of fused-ring (bicyclic) bond motifs is 1. The summed E-state index contributed by atoms with van der Waals surface area (Å²) >= 11 is 1.89. The molecule has 1 atom stereocenters. The number of rotatable bonds is 4. The number of thiophene rings is 1. The molecule has 1 unspecified atom stereocenters. The van der Waals surface area contributed by atoms with E-state index in [1.807, 2.05) is 11.3 Å². The molecule has 1 saturated carbocycles. The van der Waals surface area contributed by atoms with Crippen LogP contribution < -0.4 is 11.1 Å².